The Kier molecular flexibility index (Phi) is 7.51. The number of hydrogen-bond acceptors (Lipinski definition) is 5. The summed E-state index contributed by atoms with van der Waals surface area (Å²) in [5.74, 6) is 0.733. The first-order valence-corrected chi connectivity index (χ1v) is 9.45. The summed E-state index contributed by atoms with van der Waals surface area (Å²) in [6.07, 6.45) is 0. The van der Waals surface area contributed by atoms with Gasteiger partial charge in [-0.1, -0.05) is 19.9 Å². The maximum atomic E-state index is 12.1. The van der Waals surface area contributed by atoms with Crippen LogP contribution in [0, 0.1) is 5.92 Å². The van der Waals surface area contributed by atoms with Crippen molar-refractivity contribution in [2.45, 2.75) is 24.8 Å². The van der Waals surface area contributed by atoms with E-state index in [0.717, 1.165) is 4.90 Å². The van der Waals surface area contributed by atoms with Gasteiger partial charge in [0.2, 0.25) is 10.0 Å². The third-order valence-corrected chi connectivity index (χ3v) is 5.62. The predicted octanol–water partition coefficient (Wildman–Crippen LogP) is 1.95. The van der Waals surface area contributed by atoms with Crippen LogP contribution in [0.3, 0.4) is 0 Å². The van der Waals surface area contributed by atoms with Gasteiger partial charge in [0, 0.05) is 29.5 Å². The van der Waals surface area contributed by atoms with Crippen LogP contribution in [0.1, 0.15) is 13.8 Å². The standard InChI is InChI=1S/C14H24N2O3S2/c1-11(2)14(10-19-3)16-21(17,18)8-7-20-13-6-4-5-12(15)9-13/h4-6,9,11,14,16H,7-8,10,15H2,1-3H3. The maximum Gasteiger partial charge on any atom is 0.212 e. The zero-order valence-corrected chi connectivity index (χ0v) is 14.3. The molecular weight excluding hydrogens is 308 g/mol. The molecule has 0 saturated carbocycles. The van der Waals surface area contributed by atoms with Crippen molar-refractivity contribution < 1.29 is 13.2 Å². The predicted molar refractivity (Wildman–Crippen MR) is 89.0 cm³/mol. The Balaban J connectivity index is 2.49. The Hall–Kier alpha value is -0.760. The van der Waals surface area contributed by atoms with Gasteiger partial charge < -0.3 is 10.5 Å². The largest absolute Gasteiger partial charge is 0.399 e. The third-order valence-electron chi connectivity index (χ3n) is 2.96. The average Bonchev–Trinajstić information content (AvgIpc) is 2.37. The Morgan fingerprint density at radius 2 is 2.10 bits per heavy atom. The van der Waals surface area contributed by atoms with Gasteiger partial charge in [-0.05, 0) is 24.1 Å². The second kappa shape index (κ2) is 8.63. The SMILES string of the molecule is COCC(NS(=O)(=O)CCSc1cccc(N)c1)C(C)C. The van der Waals surface area contributed by atoms with Crippen molar-refractivity contribution in [2.24, 2.45) is 5.92 Å². The quantitative estimate of drug-likeness (QED) is 0.533. The van der Waals surface area contributed by atoms with Gasteiger partial charge in [-0.3, -0.25) is 0 Å². The minimum absolute atomic E-state index is 0.0688. The maximum absolute atomic E-state index is 12.1. The van der Waals surface area contributed by atoms with Gasteiger partial charge in [0.05, 0.1) is 12.4 Å². The van der Waals surface area contributed by atoms with Gasteiger partial charge >= 0.3 is 0 Å². The van der Waals surface area contributed by atoms with Gasteiger partial charge in [-0.15, -0.1) is 11.8 Å². The van der Waals surface area contributed by atoms with Crippen molar-refractivity contribution in [1.29, 1.82) is 0 Å². The summed E-state index contributed by atoms with van der Waals surface area (Å²) in [4.78, 5) is 0.975. The van der Waals surface area contributed by atoms with Gasteiger partial charge in [-0.25, -0.2) is 13.1 Å². The molecule has 0 spiro atoms. The van der Waals surface area contributed by atoms with Crippen molar-refractivity contribution in [3.05, 3.63) is 24.3 Å². The van der Waals surface area contributed by atoms with Crippen LogP contribution in [0.4, 0.5) is 5.69 Å². The highest BCUT2D eigenvalue weighted by Gasteiger charge is 2.20. The molecule has 1 rings (SSSR count). The number of methoxy groups -OCH3 is 1. The molecule has 1 aromatic carbocycles. The van der Waals surface area contributed by atoms with Gasteiger partial charge in [0.1, 0.15) is 0 Å². The molecule has 0 heterocycles. The minimum Gasteiger partial charge on any atom is -0.399 e. The molecule has 0 fully saturated rings. The van der Waals surface area contributed by atoms with Gasteiger partial charge in [0.25, 0.3) is 0 Å². The van der Waals surface area contributed by atoms with Crippen molar-refractivity contribution in [1.82, 2.24) is 4.72 Å². The lowest BCUT2D eigenvalue weighted by atomic mass is 10.1. The van der Waals surface area contributed by atoms with Crippen LogP contribution in [0.25, 0.3) is 0 Å². The first kappa shape index (κ1) is 18.3. The van der Waals surface area contributed by atoms with Crippen LogP contribution in [-0.2, 0) is 14.8 Å². The van der Waals surface area contributed by atoms with Crippen LogP contribution < -0.4 is 10.5 Å². The molecule has 0 saturated heterocycles. The molecule has 0 bridgehead atoms. The zero-order chi connectivity index (χ0) is 15.9. The highest BCUT2D eigenvalue weighted by Crippen LogP contribution is 2.20. The fourth-order valence-electron chi connectivity index (χ4n) is 1.71. The lowest BCUT2D eigenvalue weighted by molar-refractivity contribution is 0.157. The molecule has 0 aliphatic carbocycles. The van der Waals surface area contributed by atoms with Gasteiger partial charge in [0.15, 0.2) is 0 Å². The van der Waals surface area contributed by atoms with E-state index in [0.29, 0.717) is 18.0 Å². The summed E-state index contributed by atoms with van der Waals surface area (Å²) in [5.41, 5.74) is 6.37. The van der Waals surface area contributed by atoms with E-state index in [2.05, 4.69) is 4.72 Å². The molecule has 1 aromatic rings. The monoisotopic (exact) mass is 332 g/mol. The summed E-state index contributed by atoms with van der Waals surface area (Å²) < 4.78 is 31.9. The molecule has 1 unspecified atom stereocenters. The van der Waals surface area contributed by atoms with Crippen LogP contribution >= 0.6 is 11.8 Å². The molecule has 0 aromatic heterocycles. The molecule has 120 valence electrons. The smallest absolute Gasteiger partial charge is 0.212 e. The molecular formula is C14H24N2O3S2. The third kappa shape index (κ3) is 7.17. The Labute approximate surface area is 131 Å². The number of anilines is 1. The Morgan fingerprint density at radius 1 is 1.38 bits per heavy atom. The molecule has 0 radical (unpaired) electrons. The number of benzene rings is 1. The summed E-state index contributed by atoms with van der Waals surface area (Å²) >= 11 is 1.48. The second-order valence-corrected chi connectivity index (χ2v) is 8.21. The molecule has 0 amide bonds. The van der Waals surface area contributed by atoms with E-state index >= 15 is 0 Å². The molecule has 7 heteroatoms. The van der Waals surface area contributed by atoms with Crippen LogP contribution in [-0.4, -0.2) is 39.7 Å². The van der Waals surface area contributed by atoms with Gasteiger partial charge in [-0.2, -0.15) is 0 Å². The van der Waals surface area contributed by atoms with E-state index < -0.39 is 10.0 Å². The number of rotatable bonds is 9. The fraction of sp³-hybridized carbons (Fsp3) is 0.571. The normalized spacial score (nSPS) is 13.5. The number of nitrogen functional groups attached to an aromatic ring is 1. The second-order valence-electron chi connectivity index (χ2n) is 5.16. The highest BCUT2D eigenvalue weighted by atomic mass is 32.2. The zero-order valence-electron chi connectivity index (χ0n) is 12.7. The van der Waals surface area contributed by atoms with E-state index in [-0.39, 0.29) is 17.7 Å². The fourth-order valence-corrected chi connectivity index (χ4v) is 4.47. The van der Waals surface area contributed by atoms with Crippen molar-refractivity contribution in [3.63, 3.8) is 0 Å². The average molecular weight is 332 g/mol. The first-order valence-electron chi connectivity index (χ1n) is 6.81. The summed E-state index contributed by atoms with van der Waals surface area (Å²) in [7, 11) is -1.74. The minimum atomic E-state index is -3.31. The lowest BCUT2D eigenvalue weighted by Crippen LogP contribution is -2.42. The van der Waals surface area contributed by atoms with Crippen LogP contribution in [0.5, 0.6) is 0 Å². The first-order chi connectivity index (χ1) is 9.84. The van der Waals surface area contributed by atoms with E-state index in [1.165, 1.54) is 11.8 Å². The molecule has 1 atom stereocenters. The molecule has 21 heavy (non-hydrogen) atoms. The molecule has 0 aliphatic heterocycles. The van der Waals surface area contributed by atoms with Crippen LogP contribution in [0.15, 0.2) is 29.2 Å². The number of hydrogen-bond donors (Lipinski definition) is 2. The summed E-state index contributed by atoms with van der Waals surface area (Å²) in [5, 5.41) is 0. The topological polar surface area (TPSA) is 81.4 Å². The number of sulfonamides is 1. The van der Waals surface area contributed by atoms with Crippen molar-refractivity contribution in [2.75, 3.05) is 31.0 Å². The van der Waals surface area contributed by atoms with Crippen molar-refractivity contribution >= 4 is 27.5 Å². The lowest BCUT2D eigenvalue weighted by Gasteiger charge is -2.21. The van der Waals surface area contributed by atoms with E-state index in [9.17, 15) is 8.42 Å². The summed E-state index contributed by atoms with van der Waals surface area (Å²) in [6.45, 7) is 4.31. The Bertz CT molecular complexity index is 533. The number of nitrogens with two attached hydrogens (primary N) is 1. The number of nitrogens with one attached hydrogen (secondary N) is 1. The van der Waals surface area contributed by atoms with E-state index in [1.807, 2.05) is 32.0 Å². The number of thioether (sulfide) groups is 1. The molecule has 5 nitrogen and oxygen atoms in total. The van der Waals surface area contributed by atoms with E-state index in [1.54, 1.807) is 13.2 Å². The van der Waals surface area contributed by atoms with Crippen LogP contribution in [0.2, 0.25) is 0 Å². The number of ether oxygens (including phenoxy) is 1. The van der Waals surface area contributed by atoms with E-state index in [4.69, 9.17) is 10.5 Å². The summed E-state index contributed by atoms with van der Waals surface area (Å²) in [6, 6.07) is 7.23. The van der Waals surface area contributed by atoms with Crippen molar-refractivity contribution in [3.8, 4) is 0 Å². The highest BCUT2D eigenvalue weighted by molar-refractivity contribution is 8.00. The molecule has 0 aliphatic rings. The molecule has 3 N–H and O–H groups in total. The Morgan fingerprint density at radius 3 is 2.67 bits per heavy atom.